The van der Waals surface area contributed by atoms with Crippen LogP contribution < -0.4 is 0 Å². The minimum atomic E-state index is -0.348. The van der Waals surface area contributed by atoms with Crippen LogP contribution in [0.15, 0.2) is 33.8 Å². The highest BCUT2D eigenvalue weighted by molar-refractivity contribution is 7.98. The minimum Gasteiger partial charge on any atom is -0.456 e. The van der Waals surface area contributed by atoms with Gasteiger partial charge in [0.2, 0.25) is 5.89 Å². The smallest absolute Gasteiger partial charge is 0.306 e. The van der Waals surface area contributed by atoms with Crippen molar-refractivity contribution in [2.24, 2.45) is 0 Å². The Labute approximate surface area is 171 Å². The largest absolute Gasteiger partial charge is 0.456 e. The summed E-state index contributed by atoms with van der Waals surface area (Å²) >= 11 is 7.36. The van der Waals surface area contributed by atoms with E-state index in [1.807, 2.05) is 20.1 Å². The van der Waals surface area contributed by atoms with Gasteiger partial charge in [-0.15, -0.1) is 10.2 Å². The first-order valence-corrected chi connectivity index (χ1v) is 10.2. The molecule has 0 radical (unpaired) electrons. The number of nitrogens with zero attached hydrogens (tertiary/aromatic N) is 4. The van der Waals surface area contributed by atoms with Crippen LogP contribution in [0.25, 0.3) is 11.5 Å². The zero-order valence-electron chi connectivity index (χ0n) is 15.7. The fourth-order valence-corrected chi connectivity index (χ4v) is 3.21. The maximum absolute atomic E-state index is 12.1. The van der Waals surface area contributed by atoms with Gasteiger partial charge in [0.05, 0.1) is 0 Å². The summed E-state index contributed by atoms with van der Waals surface area (Å²) in [6.45, 7) is 3.77. The lowest BCUT2D eigenvalue weighted by atomic mass is 10.1. The van der Waals surface area contributed by atoms with Crippen molar-refractivity contribution in [3.8, 4) is 11.5 Å². The molecule has 1 aromatic carbocycles. The Morgan fingerprint density at radius 2 is 1.82 bits per heavy atom. The van der Waals surface area contributed by atoms with Crippen LogP contribution in [0, 0.1) is 13.8 Å². The Kier molecular flexibility index (Phi) is 6.64. The zero-order valence-corrected chi connectivity index (χ0v) is 17.3. The second-order valence-electron chi connectivity index (χ2n) is 6.03. The maximum Gasteiger partial charge on any atom is 0.306 e. The highest BCUT2D eigenvalue weighted by Crippen LogP contribution is 2.21. The second kappa shape index (κ2) is 9.16. The molecule has 0 fully saturated rings. The molecule has 146 valence electrons. The highest BCUT2D eigenvalue weighted by atomic mass is 35.5. The van der Waals surface area contributed by atoms with Crippen molar-refractivity contribution in [1.29, 1.82) is 0 Å². The van der Waals surface area contributed by atoms with Crippen molar-refractivity contribution in [2.45, 2.75) is 38.5 Å². The molecule has 3 rings (SSSR count). The number of carbonyl (C=O) groups excluding carboxylic acids is 1. The molecule has 0 saturated carbocycles. The Morgan fingerprint density at radius 1 is 1.14 bits per heavy atom. The average molecular weight is 419 g/mol. The monoisotopic (exact) mass is 418 g/mol. The number of benzene rings is 1. The Balaban J connectivity index is 1.53. The van der Waals surface area contributed by atoms with Crippen molar-refractivity contribution in [2.75, 3.05) is 6.26 Å². The van der Waals surface area contributed by atoms with E-state index in [1.165, 1.54) is 11.8 Å². The van der Waals surface area contributed by atoms with Crippen molar-refractivity contribution in [3.63, 3.8) is 0 Å². The first kappa shape index (κ1) is 20.3. The van der Waals surface area contributed by atoms with E-state index in [2.05, 4.69) is 20.2 Å². The number of hydrogen-bond donors (Lipinski definition) is 0. The molecule has 3 aromatic rings. The molecule has 0 aliphatic carbocycles. The van der Waals surface area contributed by atoms with Gasteiger partial charge in [-0.1, -0.05) is 23.4 Å². The van der Waals surface area contributed by atoms with Crippen LogP contribution in [0.3, 0.4) is 0 Å². The van der Waals surface area contributed by atoms with Gasteiger partial charge in [-0.25, -0.2) is 9.97 Å². The van der Waals surface area contributed by atoms with Crippen LogP contribution in [0.2, 0.25) is 5.02 Å². The summed E-state index contributed by atoms with van der Waals surface area (Å²) < 4.78 is 10.8. The molecule has 0 unspecified atom stereocenters. The van der Waals surface area contributed by atoms with E-state index in [1.54, 1.807) is 24.3 Å². The predicted molar refractivity (Wildman–Crippen MR) is 106 cm³/mol. The molecule has 0 atom stereocenters. The van der Waals surface area contributed by atoms with E-state index in [0.29, 0.717) is 17.3 Å². The number of thioether (sulfide) groups is 1. The Morgan fingerprint density at radius 3 is 2.46 bits per heavy atom. The summed E-state index contributed by atoms with van der Waals surface area (Å²) in [5, 5.41) is 9.21. The van der Waals surface area contributed by atoms with Crippen molar-refractivity contribution in [1.82, 2.24) is 20.2 Å². The molecule has 0 spiro atoms. The molecule has 0 aliphatic heterocycles. The van der Waals surface area contributed by atoms with Crippen LogP contribution in [0.1, 0.15) is 29.3 Å². The van der Waals surface area contributed by atoms with Gasteiger partial charge in [0.15, 0.2) is 11.8 Å². The molecule has 2 heterocycles. The highest BCUT2D eigenvalue weighted by Gasteiger charge is 2.14. The van der Waals surface area contributed by atoms with Gasteiger partial charge in [-0.3, -0.25) is 4.79 Å². The molecule has 9 heteroatoms. The third kappa shape index (κ3) is 5.08. The summed E-state index contributed by atoms with van der Waals surface area (Å²) in [6.07, 6.45) is 2.67. The molecule has 0 N–H and O–H groups in total. The van der Waals surface area contributed by atoms with Crippen molar-refractivity contribution in [3.05, 3.63) is 52.1 Å². The number of halogens is 1. The van der Waals surface area contributed by atoms with E-state index in [0.717, 1.165) is 27.7 Å². The first-order chi connectivity index (χ1) is 13.5. The predicted octanol–water partition coefficient (Wildman–Crippen LogP) is 4.19. The summed E-state index contributed by atoms with van der Waals surface area (Å²) in [6, 6.07) is 7.03. The van der Waals surface area contributed by atoms with Crippen LogP contribution in [0.4, 0.5) is 0 Å². The summed E-state index contributed by atoms with van der Waals surface area (Å²) in [5.74, 6) is 0.234. The molecular weight excluding hydrogens is 400 g/mol. The van der Waals surface area contributed by atoms with E-state index in [-0.39, 0.29) is 24.9 Å². The summed E-state index contributed by atoms with van der Waals surface area (Å²) in [5.41, 5.74) is 3.48. The lowest BCUT2D eigenvalue weighted by molar-refractivity contribution is -0.145. The van der Waals surface area contributed by atoms with E-state index >= 15 is 0 Å². The fourth-order valence-electron chi connectivity index (χ4n) is 2.62. The number of aromatic nitrogens is 4. The van der Waals surface area contributed by atoms with Gasteiger partial charge >= 0.3 is 5.97 Å². The quantitative estimate of drug-likeness (QED) is 0.320. The average Bonchev–Trinajstić information content (AvgIpc) is 3.15. The third-order valence-electron chi connectivity index (χ3n) is 4.08. The van der Waals surface area contributed by atoms with Crippen LogP contribution in [-0.2, 0) is 22.6 Å². The van der Waals surface area contributed by atoms with E-state index in [4.69, 9.17) is 20.8 Å². The van der Waals surface area contributed by atoms with Gasteiger partial charge in [0, 0.05) is 28.4 Å². The first-order valence-electron chi connectivity index (χ1n) is 8.58. The molecule has 0 bridgehead atoms. The van der Waals surface area contributed by atoms with Gasteiger partial charge in [0.25, 0.3) is 5.89 Å². The Bertz CT molecular complexity index is 953. The fraction of sp³-hybridized carbons (Fsp3) is 0.316. The number of esters is 1. The third-order valence-corrected chi connectivity index (χ3v) is 4.88. The van der Waals surface area contributed by atoms with E-state index < -0.39 is 0 Å². The molecule has 28 heavy (non-hydrogen) atoms. The van der Waals surface area contributed by atoms with Crippen molar-refractivity contribution < 1.29 is 13.9 Å². The number of carbonyl (C=O) groups is 1. The van der Waals surface area contributed by atoms with Crippen LogP contribution >= 0.6 is 23.4 Å². The number of aryl methyl sites for hydroxylation is 2. The summed E-state index contributed by atoms with van der Waals surface area (Å²) in [4.78, 5) is 20.9. The molecular formula is C19H19ClN4O3S. The van der Waals surface area contributed by atoms with Gasteiger partial charge in [-0.05, 0) is 56.4 Å². The van der Waals surface area contributed by atoms with E-state index in [9.17, 15) is 4.79 Å². The molecule has 2 aromatic heterocycles. The molecule has 0 saturated heterocycles. The van der Waals surface area contributed by atoms with Gasteiger partial charge in [0.1, 0.15) is 0 Å². The minimum absolute atomic E-state index is 0.0701. The van der Waals surface area contributed by atoms with Gasteiger partial charge in [-0.2, -0.15) is 0 Å². The lowest BCUT2D eigenvalue weighted by Gasteiger charge is -2.09. The summed E-state index contributed by atoms with van der Waals surface area (Å²) in [7, 11) is 0. The van der Waals surface area contributed by atoms with Crippen LogP contribution in [-0.4, -0.2) is 32.4 Å². The lowest BCUT2D eigenvalue weighted by Crippen LogP contribution is -2.09. The SMILES string of the molecule is CSc1nc(C)c(CCC(=O)OCc2nnc(-c3ccc(Cl)cc3)o2)c(C)n1. The molecule has 0 amide bonds. The zero-order chi connectivity index (χ0) is 20.1. The van der Waals surface area contributed by atoms with Crippen molar-refractivity contribution >= 4 is 29.3 Å². The second-order valence-corrected chi connectivity index (χ2v) is 7.24. The van der Waals surface area contributed by atoms with Crippen LogP contribution in [0.5, 0.6) is 0 Å². The maximum atomic E-state index is 12.1. The number of hydrogen-bond acceptors (Lipinski definition) is 8. The normalized spacial score (nSPS) is 10.9. The van der Waals surface area contributed by atoms with Gasteiger partial charge < -0.3 is 9.15 Å². The topological polar surface area (TPSA) is 91.0 Å². The number of ether oxygens (including phenoxy) is 1. The standard InChI is InChI=1S/C19H19ClN4O3S/c1-11-15(12(2)22-19(21-11)28-3)8-9-17(25)26-10-16-23-24-18(27-16)13-4-6-14(20)7-5-13/h4-7H,8-10H2,1-3H3. The molecule has 7 nitrogen and oxygen atoms in total. The molecule has 0 aliphatic rings. The Hall–Kier alpha value is -2.45. The number of rotatable bonds is 7.